The second-order valence-electron chi connectivity index (χ2n) is 4.40. The molecule has 1 aromatic carbocycles. The zero-order chi connectivity index (χ0) is 11.4. The van der Waals surface area contributed by atoms with E-state index in [-0.39, 0.29) is 5.97 Å². The van der Waals surface area contributed by atoms with E-state index in [1.807, 2.05) is 12.1 Å². The highest BCUT2D eigenvalue weighted by Crippen LogP contribution is 2.27. The average molecular weight is 218 g/mol. The van der Waals surface area contributed by atoms with Crippen LogP contribution < -0.4 is 4.74 Å². The Bertz CT molecular complexity index is 382. The van der Waals surface area contributed by atoms with Crippen LogP contribution in [0.3, 0.4) is 0 Å². The van der Waals surface area contributed by atoms with Crippen LogP contribution in [0.4, 0.5) is 0 Å². The molecule has 0 N–H and O–H groups in total. The number of benzene rings is 1. The van der Waals surface area contributed by atoms with E-state index in [0.717, 1.165) is 17.7 Å². The van der Waals surface area contributed by atoms with Gasteiger partial charge in [0.25, 0.3) is 0 Å². The SMILES string of the molecule is CCCCCCc1ccc2c(c1)OC(=O)C2. The summed E-state index contributed by atoms with van der Waals surface area (Å²) >= 11 is 0. The molecule has 2 heteroatoms. The average Bonchev–Trinajstić information content (AvgIpc) is 2.64. The third-order valence-corrected chi connectivity index (χ3v) is 3.01. The molecule has 0 atom stereocenters. The summed E-state index contributed by atoms with van der Waals surface area (Å²) < 4.78 is 5.14. The van der Waals surface area contributed by atoms with Gasteiger partial charge in [0, 0.05) is 5.56 Å². The van der Waals surface area contributed by atoms with Crippen molar-refractivity contribution < 1.29 is 9.53 Å². The lowest BCUT2D eigenvalue weighted by molar-refractivity contribution is -0.131. The number of ether oxygens (including phenoxy) is 1. The van der Waals surface area contributed by atoms with E-state index in [1.54, 1.807) is 0 Å². The van der Waals surface area contributed by atoms with Crippen LogP contribution in [0.15, 0.2) is 18.2 Å². The number of hydrogen-bond acceptors (Lipinski definition) is 2. The molecule has 0 spiro atoms. The van der Waals surface area contributed by atoms with Crippen LogP contribution in [0.25, 0.3) is 0 Å². The summed E-state index contributed by atoms with van der Waals surface area (Å²) in [4.78, 5) is 11.1. The Hall–Kier alpha value is -1.31. The van der Waals surface area contributed by atoms with Crippen LogP contribution in [-0.4, -0.2) is 5.97 Å². The van der Waals surface area contributed by atoms with Gasteiger partial charge in [-0.3, -0.25) is 4.79 Å². The monoisotopic (exact) mass is 218 g/mol. The predicted molar refractivity (Wildman–Crippen MR) is 63.6 cm³/mol. The molecule has 2 rings (SSSR count). The fraction of sp³-hybridized carbons (Fsp3) is 0.500. The van der Waals surface area contributed by atoms with Gasteiger partial charge < -0.3 is 4.74 Å². The summed E-state index contributed by atoms with van der Waals surface area (Å²) in [7, 11) is 0. The lowest BCUT2D eigenvalue weighted by Crippen LogP contribution is -2.00. The van der Waals surface area contributed by atoms with Crippen LogP contribution in [0.1, 0.15) is 43.7 Å². The summed E-state index contributed by atoms with van der Waals surface area (Å²) in [6.07, 6.45) is 6.60. The zero-order valence-corrected chi connectivity index (χ0v) is 9.79. The van der Waals surface area contributed by atoms with Crippen molar-refractivity contribution in [3.8, 4) is 5.75 Å². The number of carbonyl (C=O) groups excluding carboxylic acids is 1. The first-order valence-electron chi connectivity index (χ1n) is 6.12. The summed E-state index contributed by atoms with van der Waals surface area (Å²) in [6, 6.07) is 6.16. The van der Waals surface area contributed by atoms with Crippen molar-refractivity contribution in [2.75, 3.05) is 0 Å². The van der Waals surface area contributed by atoms with Crippen molar-refractivity contribution in [1.82, 2.24) is 0 Å². The van der Waals surface area contributed by atoms with Gasteiger partial charge >= 0.3 is 5.97 Å². The molecule has 0 unspecified atom stereocenters. The van der Waals surface area contributed by atoms with Crippen LogP contribution in [-0.2, 0) is 17.6 Å². The van der Waals surface area contributed by atoms with Gasteiger partial charge in [0.05, 0.1) is 6.42 Å². The molecule has 0 amide bonds. The molecule has 2 nitrogen and oxygen atoms in total. The first-order valence-corrected chi connectivity index (χ1v) is 6.12. The first-order chi connectivity index (χ1) is 7.79. The van der Waals surface area contributed by atoms with Gasteiger partial charge in [-0.15, -0.1) is 0 Å². The Kier molecular flexibility index (Phi) is 3.60. The van der Waals surface area contributed by atoms with Gasteiger partial charge in [0.15, 0.2) is 0 Å². The van der Waals surface area contributed by atoms with Crippen molar-refractivity contribution >= 4 is 5.97 Å². The van der Waals surface area contributed by atoms with Crippen LogP contribution in [0.5, 0.6) is 5.75 Å². The van der Waals surface area contributed by atoms with Gasteiger partial charge in [0.2, 0.25) is 0 Å². The van der Waals surface area contributed by atoms with E-state index >= 15 is 0 Å². The summed E-state index contributed by atoms with van der Waals surface area (Å²) in [6.45, 7) is 2.22. The van der Waals surface area contributed by atoms with Gasteiger partial charge in [0.1, 0.15) is 5.75 Å². The molecule has 1 heterocycles. The van der Waals surface area contributed by atoms with Gasteiger partial charge in [-0.05, 0) is 24.5 Å². The maximum atomic E-state index is 11.1. The van der Waals surface area contributed by atoms with E-state index in [2.05, 4.69) is 13.0 Å². The Balaban J connectivity index is 1.92. The van der Waals surface area contributed by atoms with Crippen molar-refractivity contribution in [2.24, 2.45) is 0 Å². The maximum absolute atomic E-state index is 11.1. The number of carbonyl (C=O) groups is 1. The fourth-order valence-corrected chi connectivity index (χ4v) is 2.07. The number of fused-ring (bicyclic) bond motifs is 1. The molecular formula is C14H18O2. The molecule has 1 aliphatic rings. The van der Waals surface area contributed by atoms with Crippen molar-refractivity contribution in [2.45, 2.75) is 45.4 Å². The Labute approximate surface area is 96.6 Å². The standard InChI is InChI=1S/C14H18O2/c1-2-3-4-5-6-11-7-8-12-10-14(15)16-13(12)9-11/h7-9H,2-6,10H2,1H3. The second-order valence-corrected chi connectivity index (χ2v) is 4.40. The highest BCUT2D eigenvalue weighted by molar-refractivity contribution is 5.81. The molecule has 0 aromatic heterocycles. The number of hydrogen-bond donors (Lipinski definition) is 0. The highest BCUT2D eigenvalue weighted by atomic mass is 16.5. The van der Waals surface area contributed by atoms with E-state index in [1.165, 1.54) is 31.2 Å². The van der Waals surface area contributed by atoms with E-state index in [9.17, 15) is 4.79 Å². The van der Waals surface area contributed by atoms with E-state index < -0.39 is 0 Å². The van der Waals surface area contributed by atoms with Crippen molar-refractivity contribution in [3.05, 3.63) is 29.3 Å². The van der Waals surface area contributed by atoms with Gasteiger partial charge in [-0.2, -0.15) is 0 Å². The maximum Gasteiger partial charge on any atom is 0.315 e. The minimum atomic E-state index is -0.127. The minimum Gasteiger partial charge on any atom is -0.426 e. The number of aryl methyl sites for hydroxylation is 1. The summed E-state index contributed by atoms with van der Waals surface area (Å²) in [5.41, 5.74) is 2.31. The third-order valence-electron chi connectivity index (χ3n) is 3.01. The lowest BCUT2D eigenvalue weighted by Gasteiger charge is -2.03. The normalized spacial score (nSPS) is 13.7. The minimum absolute atomic E-state index is 0.127. The molecule has 0 saturated heterocycles. The largest absolute Gasteiger partial charge is 0.426 e. The molecule has 0 saturated carbocycles. The second kappa shape index (κ2) is 5.15. The molecular weight excluding hydrogens is 200 g/mol. The van der Waals surface area contributed by atoms with Crippen LogP contribution >= 0.6 is 0 Å². The lowest BCUT2D eigenvalue weighted by atomic mass is 10.0. The smallest absolute Gasteiger partial charge is 0.315 e. The zero-order valence-electron chi connectivity index (χ0n) is 9.79. The van der Waals surface area contributed by atoms with Gasteiger partial charge in [-0.1, -0.05) is 38.3 Å². The molecule has 1 aliphatic heterocycles. The topological polar surface area (TPSA) is 26.3 Å². The third kappa shape index (κ3) is 2.63. The Morgan fingerprint density at radius 1 is 1.25 bits per heavy atom. The van der Waals surface area contributed by atoms with Crippen LogP contribution in [0, 0.1) is 0 Å². The van der Waals surface area contributed by atoms with Gasteiger partial charge in [-0.25, -0.2) is 0 Å². The molecule has 86 valence electrons. The van der Waals surface area contributed by atoms with Crippen molar-refractivity contribution in [1.29, 1.82) is 0 Å². The van der Waals surface area contributed by atoms with E-state index in [0.29, 0.717) is 6.42 Å². The molecule has 0 radical (unpaired) electrons. The highest BCUT2D eigenvalue weighted by Gasteiger charge is 2.19. The number of unbranched alkanes of at least 4 members (excludes halogenated alkanes) is 3. The quantitative estimate of drug-likeness (QED) is 0.431. The molecule has 0 fully saturated rings. The number of esters is 1. The van der Waals surface area contributed by atoms with E-state index in [4.69, 9.17) is 4.74 Å². The Morgan fingerprint density at radius 3 is 2.94 bits per heavy atom. The molecule has 16 heavy (non-hydrogen) atoms. The van der Waals surface area contributed by atoms with Crippen LogP contribution in [0.2, 0.25) is 0 Å². The van der Waals surface area contributed by atoms with Crippen molar-refractivity contribution in [3.63, 3.8) is 0 Å². The predicted octanol–water partition coefficient (Wildman–Crippen LogP) is 3.27. The first kappa shape index (κ1) is 11.2. The number of rotatable bonds is 5. The summed E-state index contributed by atoms with van der Waals surface area (Å²) in [5.74, 6) is 0.649. The molecule has 0 bridgehead atoms. The molecule has 1 aromatic rings. The Morgan fingerprint density at radius 2 is 2.12 bits per heavy atom. The summed E-state index contributed by atoms with van der Waals surface area (Å²) in [5, 5.41) is 0. The fourth-order valence-electron chi connectivity index (χ4n) is 2.07. The molecule has 0 aliphatic carbocycles.